The van der Waals surface area contributed by atoms with E-state index in [0.717, 1.165) is 19.5 Å². The third-order valence-corrected chi connectivity index (χ3v) is 2.84. The Hall–Kier alpha value is -0.960. The molecule has 3 heteroatoms. The van der Waals surface area contributed by atoms with Crippen LogP contribution in [-0.4, -0.2) is 13.1 Å². The molecule has 16 heavy (non-hydrogen) atoms. The van der Waals surface area contributed by atoms with Gasteiger partial charge in [-0.25, -0.2) is 8.78 Å². The van der Waals surface area contributed by atoms with Crippen LogP contribution in [0.3, 0.4) is 0 Å². The van der Waals surface area contributed by atoms with Crippen LogP contribution < -0.4 is 5.32 Å². The van der Waals surface area contributed by atoms with Crippen LogP contribution in [0.2, 0.25) is 0 Å². The Morgan fingerprint density at radius 1 is 1.25 bits per heavy atom. The van der Waals surface area contributed by atoms with Gasteiger partial charge >= 0.3 is 0 Å². The summed E-state index contributed by atoms with van der Waals surface area (Å²) in [5, 5.41) is 3.18. The fourth-order valence-electron chi connectivity index (χ4n) is 1.69. The molecule has 90 valence electrons. The molecule has 1 atom stereocenters. The summed E-state index contributed by atoms with van der Waals surface area (Å²) in [7, 11) is 0. The van der Waals surface area contributed by atoms with Crippen LogP contribution in [0, 0.1) is 18.6 Å². The smallest absolute Gasteiger partial charge is 0.162 e. The Morgan fingerprint density at radius 2 is 1.94 bits per heavy atom. The Balaban J connectivity index is 2.76. The monoisotopic (exact) mass is 227 g/mol. The van der Waals surface area contributed by atoms with Gasteiger partial charge in [-0.1, -0.05) is 26.0 Å². The van der Waals surface area contributed by atoms with Crippen molar-refractivity contribution in [3.8, 4) is 0 Å². The Labute approximate surface area is 95.9 Å². The van der Waals surface area contributed by atoms with E-state index in [1.165, 1.54) is 0 Å². The van der Waals surface area contributed by atoms with E-state index in [9.17, 15) is 8.78 Å². The minimum absolute atomic E-state index is 0.0362. The Bertz CT molecular complexity index is 350. The van der Waals surface area contributed by atoms with Crippen LogP contribution in [-0.2, 0) is 0 Å². The van der Waals surface area contributed by atoms with E-state index in [0.29, 0.717) is 11.1 Å². The van der Waals surface area contributed by atoms with Gasteiger partial charge in [-0.3, -0.25) is 0 Å². The van der Waals surface area contributed by atoms with E-state index in [-0.39, 0.29) is 5.92 Å². The van der Waals surface area contributed by atoms with Crippen molar-refractivity contribution >= 4 is 0 Å². The van der Waals surface area contributed by atoms with E-state index in [1.807, 2.05) is 13.8 Å². The summed E-state index contributed by atoms with van der Waals surface area (Å²) < 4.78 is 27.0. The lowest BCUT2D eigenvalue weighted by Crippen LogP contribution is -2.16. The number of hydrogen-bond acceptors (Lipinski definition) is 1. The topological polar surface area (TPSA) is 12.0 Å². The average Bonchev–Trinajstić information content (AvgIpc) is 2.26. The molecule has 1 rings (SSSR count). The quantitative estimate of drug-likeness (QED) is 0.760. The molecule has 0 aromatic heterocycles. The first-order chi connectivity index (χ1) is 7.57. The molecule has 1 nitrogen and oxygen atoms in total. The molecule has 0 aliphatic heterocycles. The van der Waals surface area contributed by atoms with Crippen LogP contribution in [0.5, 0.6) is 0 Å². The minimum Gasteiger partial charge on any atom is -0.317 e. The maximum absolute atomic E-state index is 13.6. The van der Waals surface area contributed by atoms with Gasteiger partial charge in [0.2, 0.25) is 0 Å². The first-order valence-electron chi connectivity index (χ1n) is 5.73. The summed E-state index contributed by atoms with van der Waals surface area (Å²) in [5.41, 5.74) is 0.834. The van der Waals surface area contributed by atoms with E-state index in [1.54, 1.807) is 19.1 Å². The molecule has 0 aliphatic carbocycles. The van der Waals surface area contributed by atoms with Crippen LogP contribution in [0.15, 0.2) is 12.1 Å². The van der Waals surface area contributed by atoms with Gasteiger partial charge in [-0.15, -0.1) is 0 Å². The fourth-order valence-corrected chi connectivity index (χ4v) is 1.69. The lowest BCUT2D eigenvalue weighted by atomic mass is 9.96. The average molecular weight is 227 g/mol. The molecule has 0 aliphatic rings. The third-order valence-electron chi connectivity index (χ3n) is 2.84. The molecule has 0 radical (unpaired) electrons. The van der Waals surface area contributed by atoms with Gasteiger partial charge in [-0.05, 0) is 43.5 Å². The minimum atomic E-state index is -0.715. The van der Waals surface area contributed by atoms with Crippen molar-refractivity contribution in [2.75, 3.05) is 13.1 Å². The normalized spacial score (nSPS) is 12.8. The Kier molecular flexibility index (Phi) is 4.87. The lowest BCUT2D eigenvalue weighted by Gasteiger charge is -2.14. The molecule has 1 aromatic carbocycles. The summed E-state index contributed by atoms with van der Waals surface area (Å²) >= 11 is 0. The van der Waals surface area contributed by atoms with E-state index in [2.05, 4.69) is 5.32 Å². The molecule has 0 fully saturated rings. The molecular weight excluding hydrogens is 208 g/mol. The Morgan fingerprint density at radius 3 is 2.56 bits per heavy atom. The van der Waals surface area contributed by atoms with Crippen LogP contribution in [0.1, 0.15) is 37.3 Å². The number of aryl methyl sites for hydroxylation is 1. The molecule has 0 saturated heterocycles. The molecule has 0 spiro atoms. The number of hydrogen-bond donors (Lipinski definition) is 1. The van der Waals surface area contributed by atoms with Gasteiger partial charge in [0.25, 0.3) is 0 Å². The maximum Gasteiger partial charge on any atom is 0.162 e. The number of rotatable bonds is 5. The van der Waals surface area contributed by atoms with Crippen molar-refractivity contribution in [3.05, 3.63) is 34.9 Å². The van der Waals surface area contributed by atoms with Crippen molar-refractivity contribution in [2.45, 2.75) is 33.1 Å². The molecule has 1 aromatic rings. The molecule has 1 unspecified atom stereocenters. The highest BCUT2D eigenvalue weighted by Crippen LogP contribution is 2.24. The summed E-state index contributed by atoms with van der Waals surface area (Å²) in [6.07, 6.45) is 0.813. The second-order valence-electron chi connectivity index (χ2n) is 4.14. The van der Waals surface area contributed by atoms with Gasteiger partial charge in [0.15, 0.2) is 11.6 Å². The van der Waals surface area contributed by atoms with E-state index >= 15 is 0 Å². The highest BCUT2D eigenvalue weighted by Gasteiger charge is 2.15. The lowest BCUT2D eigenvalue weighted by molar-refractivity contribution is 0.479. The summed E-state index contributed by atoms with van der Waals surface area (Å²) in [5.74, 6) is -1.37. The molecule has 0 bridgehead atoms. The first-order valence-corrected chi connectivity index (χ1v) is 5.73. The SMILES string of the molecule is CCNCCC(C)c1ccc(C)c(F)c1F. The predicted octanol–water partition coefficient (Wildman–Crippen LogP) is 3.38. The summed E-state index contributed by atoms with van der Waals surface area (Å²) in [4.78, 5) is 0. The standard InChI is InChI=1S/C13H19F2N/c1-4-16-8-7-9(2)11-6-5-10(3)12(14)13(11)15/h5-6,9,16H,4,7-8H2,1-3H3. The second-order valence-corrected chi connectivity index (χ2v) is 4.14. The molecule has 0 saturated carbocycles. The second kappa shape index (κ2) is 5.94. The highest BCUT2D eigenvalue weighted by atomic mass is 19.2. The van der Waals surface area contributed by atoms with Gasteiger partial charge < -0.3 is 5.32 Å². The van der Waals surface area contributed by atoms with Gasteiger partial charge in [0.05, 0.1) is 0 Å². The van der Waals surface area contributed by atoms with E-state index in [4.69, 9.17) is 0 Å². The molecule has 0 heterocycles. The first kappa shape index (κ1) is 13.1. The highest BCUT2D eigenvalue weighted by molar-refractivity contribution is 5.27. The number of nitrogens with one attached hydrogen (secondary N) is 1. The number of halogens is 2. The van der Waals surface area contributed by atoms with E-state index < -0.39 is 11.6 Å². The van der Waals surface area contributed by atoms with Crippen LogP contribution in [0.25, 0.3) is 0 Å². The zero-order valence-electron chi connectivity index (χ0n) is 10.1. The van der Waals surface area contributed by atoms with Crippen LogP contribution in [0.4, 0.5) is 8.78 Å². The predicted molar refractivity (Wildman–Crippen MR) is 62.7 cm³/mol. The van der Waals surface area contributed by atoms with Crippen LogP contribution >= 0.6 is 0 Å². The number of benzene rings is 1. The summed E-state index contributed by atoms with van der Waals surface area (Å²) in [6, 6.07) is 3.32. The molecular formula is C13H19F2N. The zero-order chi connectivity index (χ0) is 12.1. The van der Waals surface area contributed by atoms with Crippen molar-refractivity contribution in [1.29, 1.82) is 0 Å². The summed E-state index contributed by atoms with van der Waals surface area (Å²) in [6.45, 7) is 7.25. The van der Waals surface area contributed by atoms with Crippen molar-refractivity contribution in [2.24, 2.45) is 0 Å². The van der Waals surface area contributed by atoms with Gasteiger partial charge in [0.1, 0.15) is 0 Å². The third kappa shape index (κ3) is 3.01. The van der Waals surface area contributed by atoms with Crippen molar-refractivity contribution < 1.29 is 8.78 Å². The molecule has 0 amide bonds. The fraction of sp³-hybridized carbons (Fsp3) is 0.538. The van der Waals surface area contributed by atoms with Crippen molar-refractivity contribution in [3.63, 3.8) is 0 Å². The molecule has 1 N–H and O–H groups in total. The maximum atomic E-state index is 13.6. The zero-order valence-corrected chi connectivity index (χ0v) is 10.1. The largest absolute Gasteiger partial charge is 0.317 e. The van der Waals surface area contributed by atoms with Gasteiger partial charge in [-0.2, -0.15) is 0 Å². The van der Waals surface area contributed by atoms with Crippen molar-refractivity contribution in [1.82, 2.24) is 5.32 Å². The van der Waals surface area contributed by atoms with Gasteiger partial charge in [0, 0.05) is 0 Å².